The fraction of sp³-hybridized carbons (Fsp3) is 0.440. The van der Waals surface area contributed by atoms with Gasteiger partial charge in [-0.15, -0.1) is 0 Å². The Kier molecular flexibility index (Phi) is 7.05. The minimum absolute atomic E-state index is 0.158. The number of piperidine rings is 1. The maximum atomic E-state index is 13.1. The third-order valence-corrected chi connectivity index (χ3v) is 8.16. The number of anilines is 1. The molecule has 1 aliphatic rings. The van der Waals surface area contributed by atoms with E-state index in [4.69, 9.17) is 0 Å². The Morgan fingerprint density at radius 3 is 2.14 bits per heavy atom. The topological polar surface area (TPSA) is 110 Å². The number of benzene rings is 1. The third kappa shape index (κ3) is 5.43. The van der Waals surface area contributed by atoms with Gasteiger partial charge in [0.2, 0.25) is 15.9 Å². The second-order valence-electron chi connectivity index (χ2n) is 9.42. The van der Waals surface area contributed by atoms with Crippen molar-refractivity contribution >= 4 is 21.7 Å². The van der Waals surface area contributed by atoms with Crippen molar-refractivity contribution in [2.45, 2.75) is 58.3 Å². The molecule has 1 saturated heterocycles. The SMILES string of the molecule is Cc1cc(C)nc(-n2nc(C)cc2NC(=O)C2CCN(S(=O)(=O)c3ccc(C(C)C)cc3)CC2)n1. The monoisotopic (exact) mass is 496 g/mol. The van der Waals surface area contributed by atoms with E-state index in [0.717, 1.165) is 22.6 Å². The highest BCUT2D eigenvalue weighted by Crippen LogP contribution is 2.26. The molecule has 0 atom stereocenters. The van der Waals surface area contributed by atoms with Gasteiger partial charge in [-0.3, -0.25) is 4.79 Å². The second kappa shape index (κ2) is 9.87. The van der Waals surface area contributed by atoms with Crippen LogP contribution in [0.1, 0.15) is 55.3 Å². The van der Waals surface area contributed by atoms with Crippen molar-refractivity contribution in [3.63, 3.8) is 0 Å². The maximum Gasteiger partial charge on any atom is 0.252 e. The van der Waals surface area contributed by atoms with E-state index >= 15 is 0 Å². The van der Waals surface area contributed by atoms with Crippen LogP contribution in [0.3, 0.4) is 0 Å². The van der Waals surface area contributed by atoms with E-state index in [0.29, 0.717) is 43.6 Å². The Labute approximate surface area is 206 Å². The maximum absolute atomic E-state index is 13.1. The number of carbonyl (C=O) groups excluding carboxylic acids is 1. The van der Waals surface area contributed by atoms with Crippen LogP contribution >= 0.6 is 0 Å². The normalized spacial score (nSPS) is 15.5. The number of aryl methyl sites for hydroxylation is 3. The quantitative estimate of drug-likeness (QED) is 0.557. The number of hydrogen-bond acceptors (Lipinski definition) is 6. The first-order chi connectivity index (χ1) is 16.5. The zero-order valence-corrected chi connectivity index (χ0v) is 21.6. The van der Waals surface area contributed by atoms with Crippen molar-refractivity contribution in [3.05, 3.63) is 59.0 Å². The van der Waals surface area contributed by atoms with Gasteiger partial charge in [0, 0.05) is 36.5 Å². The molecule has 9 nitrogen and oxygen atoms in total. The number of nitrogens with one attached hydrogen (secondary N) is 1. The van der Waals surface area contributed by atoms with Crippen molar-refractivity contribution in [1.29, 1.82) is 0 Å². The molecule has 0 saturated carbocycles. The summed E-state index contributed by atoms with van der Waals surface area (Å²) in [6.07, 6.45) is 0.893. The van der Waals surface area contributed by atoms with Gasteiger partial charge in [-0.1, -0.05) is 26.0 Å². The van der Waals surface area contributed by atoms with Crippen LogP contribution in [0.5, 0.6) is 0 Å². The summed E-state index contributed by atoms with van der Waals surface area (Å²) in [7, 11) is -3.59. The Balaban J connectivity index is 1.43. The molecule has 4 rings (SSSR count). The largest absolute Gasteiger partial charge is 0.310 e. The van der Waals surface area contributed by atoms with Gasteiger partial charge in [0.05, 0.1) is 10.6 Å². The highest BCUT2D eigenvalue weighted by molar-refractivity contribution is 7.89. The fourth-order valence-electron chi connectivity index (χ4n) is 4.30. The van der Waals surface area contributed by atoms with Gasteiger partial charge in [0.1, 0.15) is 5.82 Å². The van der Waals surface area contributed by atoms with Crippen molar-refractivity contribution in [2.24, 2.45) is 5.92 Å². The van der Waals surface area contributed by atoms with Crippen LogP contribution in [0.15, 0.2) is 41.3 Å². The Morgan fingerprint density at radius 2 is 1.57 bits per heavy atom. The average Bonchev–Trinajstić information content (AvgIpc) is 3.18. The molecule has 0 bridgehead atoms. The first kappa shape index (κ1) is 25.0. The molecule has 0 radical (unpaired) electrons. The molecule has 3 aromatic rings. The first-order valence-corrected chi connectivity index (χ1v) is 13.3. The fourth-order valence-corrected chi connectivity index (χ4v) is 5.77. The van der Waals surface area contributed by atoms with E-state index in [1.807, 2.05) is 39.0 Å². The molecule has 0 aliphatic carbocycles. The first-order valence-electron chi connectivity index (χ1n) is 11.8. The molecule has 1 fully saturated rings. The zero-order chi connectivity index (χ0) is 25.3. The molecule has 0 spiro atoms. The summed E-state index contributed by atoms with van der Waals surface area (Å²) in [6.45, 7) is 10.3. The van der Waals surface area contributed by atoms with Crippen LogP contribution in [0.2, 0.25) is 0 Å². The molecule has 1 aromatic carbocycles. The number of rotatable bonds is 6. The molecule has 0 unspecified atom stereocenters. The predicted molar refractivity (Wildman–Crippen MR) is 134 cm³/mol. The predicted octanol–water partition coefficient (Wildman–Crippen LogP) is 3.75. The molecule has 1 aliphatic heterocycles. The molecular weight excluding hydrogens is 464 g/mol. The number of aromatic nitrogens is 4. The summed E-state index contributed by atoms with van der Waals surface area (Å²) in [5, 5.41) is 7.40. The van der Waals surface area contributed by atoms with E-state index < -0.39 is 10.0 Å². The summed E-state index contributed by atoms with van der Waals surface area (Å²) < 4.78 is 29.2. The molecule has 1 N–H and O–H groups in total. The summed E-state index contributed by atoms with van der Waals surface area (Å²) in [5.74, 6) is 0.776. The molecular formula is C25H32N6O3S. The Hall–Kier alpha value is -3.11. The van der Waals surface area contributed by atoms with E-state index in [1.54, 1.807) is 18.2 Å². The smallest absolute Gasteiger partial charge is 0.252 e. The molecule has 186 valence electrons. The summed E-state index contributed by atoms with van der Waals surface area (Å²) >= 11 is 0. The van der Waals surface area contributed by atoms with Crippen LogP contribution in [-0.2, 0) is 14.8 Å². The number of carbonyl (C=O) groups is 1. The lowest BCUT2D eigenvalue weighted by molar-refractivity contribution is -0.120. The van der Waals surface area contributed by atoms with Crippen LogP contribution in [0.25, 0.3) is 5.95 Å². The zero-order valence-electron chi connectivity index (χ0n) is 20.8. The Bertz CT molecular complexity index is 1300. The molecule has 2 aromatic heterocycles. The van der Waals surface area contributed by atoms with E-state index in [2.05, 4.69) is 34.2 Å². The highest BCUT2D eigenvalue weighted by Gasteiger charge is 2.32. The van der Waals surface area contributed by atoms with E-state index in [1.165, 1.54) is 8.99 Å². The highest BCUT2D eigenvalue weighted by atomic mass is 32.2. The third-order valence-electron chi connectivity index (χ3n) is 6.25. The standard InChI is InChI=1S/C25H32N6O3S/c1-16(2)20-6-8-22(9-7-20)35(33,34)30-12-10-21(11-13-30)24(32)28-23-15-19(5)29-31(23)25-26-17(3)14-18(4)27-25/h6-9,14-16,21H,10-13H2,1-5H3,(H,28,32). The van der Waals surface area contributed by atoms with Crippen LogP contribution in [0.4, 0.5) is 5.82 Å². The summed E-state index contributed by atoms with van der Waals surface area (Å²) in [5.41, 5.74) is 3.45. The van der Waals surface area contributed by atoms with Crippen LogP contribution < -0.4 is 5.32 Å². The van der Waals surface area contributed by atoms with Gasteiger partial charge in [-0.25, -0.2) is 18.4 Å². The molecule has 10 heteroatoms. The summed E-state index contributed by atoms with van der Waals surface area (Å²) in [4.78, 5) is 22.2. The van der Waals surface area contributed by atoms with Crippen LogP contribution in [-0.4, -0.2) is 51.5 Å². The van der Waals surface area contributed by atoms with Gasteiger partial charge in [-0.2, -0.15) is 14.1 Å². The van der Waals surface area contributed by atoms with Gasteiger partial charge in [-0.05, 0) is 63.3 Å². The average molecular weight is 497 g/mol. The molecule has 3 heterocycles. The van der Waals surface area contributed by atoms with Gasteiger partial charge in [0.25, 0.3) is 5.95 Å². The van der Waals surface area contributed by atoms with Crippen molar-refractivity contribution in [3.8, 4) is 5.95 Å². The van der Waals surface area contributed by atoms with Crippen LogP contribution in [0, 0.1) is 26.7 Å². The van der Waals surface area contributed by atoms with Crippen molar-refractivity contribution in [2.75, 3.05) is 18.4 Å². The number of amides is 1. The number of sulfonamides is 1. The number of nitrogens with zero attached hydrogens (tertiary/aromatic N) is 5. The minimum atomic E-state index is -3.59. The molecule has 35 heavy (non-hydrogen) atoms. The van der Waals surface area contributed by atoms with Crippen molar-refractivity contribution < 1.29 is 13.2 Å². The van der Waals surface area contributed by atoms with E-state index in [9.17, 15) is 13.2 Å². The van der Waals surface area contributed by atoms with E-state index in [-0.39, 0.29) is 16.7 Å². The summed E-state index contributed by atoms with van der Waals surface area (Å²) in [6, 6.07) is 10.7. The Morgan fingerprint density at radius 1 is 0.971 bits per heavy atom. The second-order valence-corrected chi connectivity index (χ2v) is 11.4. The minimum Gasteiger partial charge on any atom is -0.310 e. The number of hydrogen-bond donors (Lipinski definition) is 1. The molecule has 1 amide bonds. The van der Waals surface area contributed by atoms with Gasteiger partial charge in [0.15, 0.2) is 0 Å². The van der Waals surface area contributed by atoms with Crippen molar-refractivity contribution in [1.82, 2.24) is 24.1 Å². The van der Waals surface area contributed by atoms with Gasteiger partial charge >= 0.3 is 0 Å². The van der Waals surface area contributed by atoms with Gasteiger partial charge < -0.3 is 5.32 Å². The lowest BCUT2D eigenvalue weighted by Crippen LogP contribution is -2.41. The lowest BCUT2D eigenvalue weighted by atomic mass is 9.97. The lowest BCUT2D eigenvalue weighted by Gasteiger charge is -2.30.